The van der Waals surface area contributed by atoms with Gasteiger partial charge < -0.3 is 0 Å². The Hall–Kier alpha value is -0.330. The van der Waals surface area contributed by atoms with Crippen LogP contribution in [0.2, 0.25) is 0 Å². The largest absolute Gasteiger partial charge is 0.248 e. The second-order valence-corrected chi connectivity index (χ2v) is 3.17. The van der Waals surface area contributed by atoms with E-state index >= 15 is 0 Å². The van der Waals surface area contributed by atoms with Gasteiger partial charge in [0.1, 0.15) is 0 Å². The van der Waals surface area contributed by atoms with Gasteiger partial charge in [-0.3, -0.25) is 0 Å². The number of allylic oxidation sites excluding steroid dienone is 2. The Morgan fingerprint density at radius 1 is 1.60 bits per heavy atom. The molecule has 0 bridgehead atoms. The molecule has 10 heavy (non-hydrogen) atoms. The third-order valence-electron chi connectivity index (χ3n) is 2.04. The molecule has 0 aromatic heterocycles. The zero-order valence-corrected chi connectivity index (χ0v) is 6.52. The van der Waals surface area contributed by atoms with Gasteiger partial charge in [-0.05, 0) is 38.5 Å². The van der Waals surface area contributed by atoms with Gasteiger partial charge in [-0.25, -0.2) is 4.39 Å². The Morgan fingerprint density at radius 3 is 2.90 bits per heavy atom. The first-order valence-corrected chi connectivity index (χ1v) is 4.08. The van der Waals surface area contributed by atoms with Crippen molar-refractivity contribution in [2.75, 3.05) is 0 Å². The van der Waals surface area contributed by atoms with Crippen LogP contribution in [0.15, 0.2) is 12.2 Å². The molecule has 0 fully saturated rings. The van der Waals surface area contributed by atoms with E-state index in [0.717, 1.165) is 19.3 Å². The summed E-state index contributed by atoms with van der Waals surface area (Å²) < 4.78 is 12.5. The first-order valence-electron chi connectivity index (χ1n) is 4.08. The van der Waals surface area contributed by atoms with Crippen molar-refractivity contribution in [3.05, 3.63) is 12.2 Å². The molecule has 0 nitrogen and oxygen atoms in total. The van der Waals surface area contributed by atoms with Crippen molar-refractivity contribution in [3.63, 3.8) is 0 Å². The highest BCUT2D eigenvalue weighted by Gasteiger charge is 2.12. The van der Waals surface area contributed by atoms with Crippen molar-refractivity contribution in [3.8, 4) is 0 Å². The fourth-order valence-electron chi connectivity index (χ4n) is 1.53. The SMILES string of the molecule is CC(F)CC1CC=CCC1. The van der Waals surface area contributed by atoms with Crippen molar-refractivity contribution in [1.29, 1.82) is 0 Å². The van der Waals surface area contributed by atoms with Crippen molar-refractivity contribution < 1.29 is 4.39 Å². The zero-order valence-electron chi connectivity index (χ0n) is 6.52. The topological polar surface area (TPSA) is 0 Å². The van der Waals surface area contributed by atoms with Crippen LogP contribution in [0.5, 0.6) is 0 Å². The highest BCUT2D eigenvalue weighted by molar-refractivity contribution is 4.90. The van der Waals surface area contributed by atoms with E-state index in [2.05, 4.69) is 12.2 Å². The number of hydrogen-bond donors (Lipinski definition) is 0. The molecule has 1 heteroatoms. The van der Waals surface area contributed by atoms with Crippen LogP contribution in [0.3, 0.4) is 0 Å². The lowest BCUT2D eigenvalue weighted by molar-refractivity contribution is 0.278. The molecule has 0 spiro atoms. The molecule has 58 valence electrons. The van der Waals surface area contributed by atoms with E-state index < -0.39 is 6.17 Å². The second-order valence-electron chi connectivity index (χ2n) is 3.17. The Balaban J connectivity index is 2.22. The quantitative estimate of drug-likeness (QED) is 0.520. The lowest BCUT2D eigenvalue weighted by Gasteiger charge is -2.17. The maximum absolute atomic E-state index is 12.5. The summed E-state index contributed by atoms with van der Waals surface area (Å²) in [5.41, 5.74) is 0. The van der Waals surface area contributed by atoms with Gasteiger partial charge in [-0.2, -0.15) is 0 Å². The van der Waals surface area contributed by atoms with Gasteiger partial charge in [-0.15, -0.1) is 0 Å². The smallest absolute Gasteiger partial charge is 0.0976 e. The average Bonchev–Trinajstić information content (AvgIpc) is 1.88. The predicted octanol–water partition coefficient (Wildman–Crippen LogP) is 3.09. The van der Waals surface area contributed by atoms with Gasteiger partial charge in [0.05, 0.1) is 6.17 Å². The number of alkyl halides is 1. The summed E-state index contributed by atoms with van der Waals surface area (Å²) in [6.07, 6.45) is 7.94. The standard InChI is InChI=1S/C9H15F/c1-8(10)7-9-5-3-2-4-6-9/h2-3,8-9H,4-7H2,1H3. The van der Waals surface area contributed by atoms with Crippen LogP contribution in [0, 0.1) is 5.92 Å². The van der Waals surface area contributed by atoms with E-state index in [1.165, 1.54) is 6.42 Å². The fourth-order valence-corrected chi connectivity index (χ4v) is 1.53. The van der Waals surface area contributed by atoms with Gasteiger partial charge in [0, 0.05) is 0 Å². The first-order chi connectivity index (χ1) is 4.79. The Morgan fingerprint density at radius 2 is 2.40 bits per heavy atom. The highest BCUT2D eigenvalue weighted by atomic mass is 19.1. The third-order valence-corrected chi connectivity index (χ3v) is 2.04. The molecule has 1 aliphatic rings. The third kappa shape index (κ3) is 2.51. The molecule has 0 radical (unpaired) electrons. The molecule has 0 N–H and O–H groups in total. The molecule has 0 aromatic carbocycles. The number of halogens is 1. The van der Waals surface area contributed by atoms with Crippen LogP contribution in [0.25, 0.3) is 0 Å². The molecule has 0 saturated heterocycles. The molecule has 0 heterocycles. The summed E-state index contributed by atoms with van der Waals surface area (Å²) in [5, 5.41) is 0. The van der Waals surface area contributed by atoms with E-state index in [1.807, 2.05) is 0 Å². The summed E-state index contributed by atoms with van der Waals surface area (Å²) >= 11 is 0. The van der Waals surface area contributed by atoms with Crippen LogP contribution >= 0.6 is 0 Å². The Labute approximate surface area is 62.1 Å². The van der Waals surface area contributed by atoms with E-state index in [9.17, 15) is 4.39 Å². The van der Waals surface area contributed by atoms with Gasteiger partial charge in [0.25, 0.3) is 0 Å². The van der Waals surface area contributed by atoms with E-state index in [0.29, 0.717) is 5.92 Å². The lowest BCUT2D eigenvalue weighted by atomic mass is 9.90. The fraction of sp³-hybridized carbons (Fsp3) is 0.778. The number of hydrogen-bond acceptors (Lipinski definition) is 0. The van der Waals surface area contributed by atoms with Crippen LogP contribution in [0.4, 0.5) is 4.39 Å². The summed E-state index contributed by atoms with van der Waals surface area (Å²) in [6.45, 7) is 1.65. The van der Waals surface area contributed by atoms with E-state index in [4.69, 9.17) is 0 Å². The molecule has 1 rings (SSSR count). The molecule has 2 atom stereocenters. The van der Waals surface area contributed by atoms with Crippen LogP contribution in [-0.4, -0.2) is 6.17 Å². The average molecular weight is 142 g/mol. The molecule has 2 unspecified atom stereocenters. The minimum atomic E-state index is -0.614. The van der Waals surface area contributed by atoms with E-state index in [1.54, 1.807) is 6.92 Å². The molecular formula is C9H15F. The summed E-state index contributed by atoms with van der Waals surface area (Å²) in [4.78, 5) is 0. The molecule has 0 saturated carbocycles. The summed E-state index contributed by atoms with van der Waals surface area (Å²) in [6, 6.07) is 0. The zero-order chi connectivity index (χ0) is 7.40. The summed E-state index contributed by atoms with van der Waals surface area (Å²) in [5.74, 6) is 0.616. The van der Waals surface area contributed by atoms with Gasteiger partial charge in [-0.1, -0.05) is 12.2 Å². The maximum Gasteiger partial charge on any atom is 0.0976 e. The minimum absolute atomic E-state index is 0.614. The molecule has 0 aliphatic heterocycles. The molecular weight excluding hydrogens is 127 g/mol. The molecule has 0 amide bonds. The normalized spacial score (nSPS) is 28.4. The minimum Gasteiger partial charge on any atom is -0.248 e. The van der Waals surface area contributed by atoms with Gasteiger partial charge in [0.15, 0.2) is 0 Å². The molecule has 1 aliphatic carbocycles. The Bertz CT molecular complexity index is 116. The lowest BCUT2D eigenvalue weighted by Crippen LogP contribution is -2.07. The monoisotopic (exact) mass is 142 g/mol. The van der Waals surface area contributed by atoms with Gasteiger partial charge >= 0.3 is 0 Å². The molecule has 0 aromatic rings. The second kappa shape index (κ2) is 3.75. The van der Waals surface area contributed by atoms with Crippen LogP contribution in [0.1, 0.15) is 32.6 Å². The first kappa shape index (κ1) is 7.77. The van der Waals surface area contributed by atoms with Crippen LogP contribution < -0.4 is 0 Å². The van der Waals surface area contributed by atoms with Crippen LogP contribution in [-0.2, 0) is 0 Å². The van der Waals surface area contributed by atoms with Crippen molar-refractivity contribution in [2.24, 2.45) is 5.92 Å². The van der Waals surface area contributed by atoms with Crippen molar-refractivity contribution in [2.45, 2.75) is 38.8 Å². The van der Waals surface area contributed by atoms with Crippen molar-refractivity contribution >= 4 is 0 Å². The predicted molar refractivity (Wildman–Crippen MR) is 41.7 cm³/mol. The van der Waals surface area contributed by atoms with E-state index in [-0.39, 0.29) is 0 Å². The maximum atomic E-state index is 12.5. The Kier molecular flexibility index (Phi) is 2.91. The number of rotatable bonds is 2. The van der Waals surface area contributed by atoms with Crippen molar-refractivity contribution in [1.82, 2.24) is 0 Å². The highest BCUT2D eigenvalue weighted by Crippen LogP contribution is 2.23. The van der Waals surface area contributed by atoms with Gasteiger partial charge in [0.2, 0.25) is 0 Å². The summed E-state index contributed by atoms with van der Waals surface area (Å²) in [7, 11) is 0.